The van der Waals surface area contributed by atoms with Gasteiger partial charge in [-0.1, -0.05) is 60.7 Å². The molecule has 0 N–H and O–H groups in total. The van der Waals surface area contributed by atoms with Crippen LogP contribution in [0.1, 0.15) is 27.5 Å². The fraction of sp³-hybridized carbons (Fsp3) is 0.321. The van der Waals surface area contributed by atoms with Crippen LogP contribution in [-0.2, 0) is 0 Å². The van der Waals surface area contributed by atoms with Gasteiger partial charge in [-0.15, -0.1) is 0 Å². The average molecular weight is 442 g/mol. The molecule has 0 bridgehead atoms. The van der Waals surface area contributed by atoms with Crippen molar-refractivity contribution >= 4 is 5.91 Å². The molecule has 5 rings (SSSR count). The van der Waals surface area contributed by atoms with Gasteiger partial charge in [-0.2, -0.15) is 0 Å². The molecule has 0 spiro atoms. The third kappa shape index (κ3) is 4.26. The molecule has 3 aromatic carbocycles. The number of piperazine rings is 1. The van der Waals surface area contributed by atoms with E-state index in [1.807, 2.05) is 43.3 Å². The summed E-state index contributed by atoms with van der Waals surface area (Å²) in [5.74, 6) is 0.729. The molecule has 1 fully saturated rings. The van der Waals surface area contributed by atoms with Gasteiger partial charge in [0.25, 0.3) is 5.91 Å². The number of benzene rings is 3. The zero-order valence-electron chi connectivity index (χ0n) is 19.4. The van der Waals surface area contributed by atoms with Gasteiger partial charge < -0.3 is 14.5 Å². The number of nitrogens with zero attached hydrogens (tertiary/aromatic N) is 3. The third-order valence-electron chi connectivity index (χ3n) is 6.68. The van der Waals surface area contributed by atoms with Crippen molar-refractivity contribution in [1.29, 1.82) is 0 Å². The van der Waals surface area contributed by atoms with Crippen LogP contribution < -0.4 is 4.74 Å². The van der Waals surface area contributed by atoms with Gasteiger partial charge in [0.15, 0.2) is 0 Å². The molecule has 1 aliphatic carbocycles. The van der Waals surface area contributed by atoms with Gasteiger partial charge >= 0.3 is 0 Å². The topological polar surface area (TPSA) is 36.0 Å². The number of rotatable bonds is 6. The van der Waals surface area contributed by atoms with Crippen molar-refractivity contribution < 1.29 is 9.53 Å². The van der Waals surface area contributed by atoms with E-state index in [0.717, 1.165) is 19.6 Å². The molecule has 170 valence electrons. The van der Waals surface area contributed by atoms with Crippen LogP contribution in [0.5, 0.6) is 5.75 Å². The first kappa shape index (κ1) is 21.7. The maximum absolute atomic E-state index is 13.4. The molecule has 5 nitrogen and oxygen atoms in total. The van der Waals surface area contributed by atoms with E-state index in [9.17, 15) is 4.79 Å². The Hall–Kier alpha value is -3.15. The lowest BCUT2D eigenvalue weighted by Gasteiger charge is -2.39. The van der Waals surface area contributed by atoms with Crippen LogP contribution in [0.4, 0.5) is 0 Å². The average Bonchev–Trinajstić information content (AvgIpc) is 3.18. The van der Waals surface area contributed by atoms with Crippen LogP contribution >= 0.6 is 0 Å². The molecule has 1 aliphatic heterocycles. The van der Waals surface area contributed by atoms with Gasteiger partial charge in [0.1, 0.15) is 12.4 Å². The van der Waals surface area contributed by atoms with Gasteiger partial charge in [0, 0.05) is 32.7 Å². The van der Waals surface area contributed by atoms with Crippen molar-refractivity contribution in [2.45, 2.75) is 6.04 Å². The van der Waals surface area contributed by atoms with E-state index >= 15 is 0 Å². The van der Waals surface area contributed by atoms with E-state index in [0.29, 0.717) is 31.0 Å². The Morgan fingerprint density at radius 2 is 1.42 bits per heavy atom. The van der Waals surface area contributed by atoms with Gasteiger partial charge in [0.05, 0.1) is 11.6 Å². The molecule has 0 radical (unpaired) electrons. The van der Waals surface area contributed by atoms with Gasteiger partial charge in [-0.3, -0.25) is 9.69 Å². The molecule has 5 heteroatoms. The van der Waals surface area contributed by atoms with Gasteiger partial charge in [0.2, 0.25) is 0 Å². The predicted octanol–water partition coefficient (Wildman–Crippen LogP) is 4.15. The largest absolute Gasteiger partial charge is 0.491 e. The Balaban J connectivity index is 1.29. The summed E-state index contributed by atoms with van der Waals surface area (Å²) in [5, 5.41) is 0. The number of carbonyl (C=O) groups is 1. The van der Waals surface area contributed by atoms with Crippen molar-refractivity contribution in [1.82, 2.24) is 14.7 Å². The number of hydrogen-bond donors (Lipinski definition) is 0. The van der Waals surface area contributed by atoms with Crippen molar-refractivity contribution in [3.8, 4) is 16.9 Å². The number of amides is 1. The SMILES string of the molecule is CN(C)CCOc1ccccc1C(=O)N1CCN(C2c3ccccc3-c3ccccc32)CC1. The first-order chi connectivity index (χ1) is 16.1. The lowest BCUT2D eigenvalue weighted by atomic mass is 10.0. The number of fused-ring (bicyclic) bond motifs is 3. The molecule has 1 heterocycles. The zero-order valence-corrected chi connectivity index (χ0v) is 19.4. The molecule has 0 aromatic heterocycles. The van der Waals surface area contributed by atoms with Crippen LogP contribution in [0.3, 0.4) is 0 Å². The summed E-state index contributed by atoms with van der Waals surface area (Å²) in [4.78, 5) is 19.9. The fourth-order valence-corrected chi connectivity index (χ4v) is 4.98. The summed E-state index contributed by atoms with van der Waals surface area (Å²) >= 11 is 0. The quantitative estimate of drug-likeness (QED) is 0.576. The highest BCUT2D eigenvalue weighted by atomic mass is 16.5. The van der Waals surface area contributed by atoms with E-state index in [-0.39, 0.29) is 11.9 Å². The van der Waals surface area contributed by atoms with E-state index in [2.05, 4.69) is 58.3 Å². The Kier molecular flexibility index (Phi) is 6.16. The summed E-state index contributed by atoms with van der Waals surface area (Å²) in [5.41, 5.74) is 6.07. The Labute approximate surface area is 196 Å². The monoisotopic (exact) mass is 441 g/mol. The first-order valence-corrected chi connectivity index (χ1v) is 11.7. The minimum absolute atomic E-state index is 0.0577. The number of carbonyl (C=O) groups excluding carboxylic acids is 1. The highest BCUT2D eigenvalue weighted by Crippen LogP contribution is 2.46. The molecule has 33 heavy (non-hydrogen) atoms. The van der Waals surface area contributed by atoms with E-state index in [4.69, 9.17) is 4.74 Å². The van der Waals surface area contributed by atoms with Gasteiger partial charge in [-0.05, 0) is 48.5 Å². The lowest BCUT2D eigenvalue weighted by molar-refractivity contribution is 0.0595. The standard InChI is InChI=1S/C28H31N3O2/c1-29(2)19-20-33-26-14-8-7-13-25(26)28(32)31-17-15-30(16-18-31)27-23-11-5-3-9-21(23)22-10-4-6-12-24(22)27/h3-14,27H,15-20H2,1-2H3. The highest BCUT2D eigenvalue weighted by molar-refractivity contribution is 5.97. The molecular weight excluding hydrogens is 410 g/mol. The molecule has 0 saturated carbocycles. The van der Waals surface area contributed by atoms with Crippen LogP contribution in [0, 0.1) is 0 Å². The minimum atomic E-state index is 0.0577. The van der Waals surface area contributed by atoms with Crippen molar-refractivity contribution in [3.05, 3.63) is 89.5 Å². The van der Waals surface area contributed by atoms with Crippen molar-refractivity contribution in [2.75, 3.05) is 53.4 Å². The summed E-state index contributed by atoms with van der Waals surface area (Å²) in [6, 6.07) is 25.3. The molecule has 1 saturated heterocycles. The summed E-state index contributed by atoms with van der Waals surface area (Å²) in [7, 11) is 4.03. The third-order valence-corrected chi connectivity index (χ3v) is 6.68. The number of likely N-dealkylation sites (N-methyl/N-ethyl adjacent to an activating group) is 1. The molecular formula is C28H31N3O2. The normalized spacial score (nSPS) is 16.0. The second-order valence-electron chi connectivity index (χ2n) is 9.05. The number of hydrogen-bond acceptors (Lipinski definition) is 4. The molecule has 0 atom stereocenters. The number of ether oxygens (including phenoxy) is 1. The van der Waals surface area contributed by atoms with Crippen LogP contribution in [-0.4, -0.2) is 74.0 Å². The minimum Gasteiger partial charge on any atom is -0.491 e. The van der Waals surface area contributed by atoms with Crippen LogP contribution in [0.15, 0.2) is 72.8 Å². The maximum Gasteiger partial charge on any atom is 0.257 e. The van der Waals surface area contributed by atoms with E-state index < -0.39 is 0 Å². The van der Waals surface area contributed by atoms with Crippen molar-refractivity contribution in [3.63, 3.8) is 0 Å². The summed E-state index contributed by atoms with van der Waals surface area (Å²) in [6.07, 6.45) is 0. The number of para-hydroxylation sites is 1. The van der Waals surface area contributed by atoms with E-state index in [1.165, 1.54) is 22.3 Å². The fourth-order valence-electron chi connectivity index (χ4n) is 4.98. The zero-order chi connectivity index (χ0) is 22.8. The smallest absolute Gasteiger partial charge is 0.257 e. The highest BCUT2D eigenvalue weighted by Gasteiger charge is 2.35. The molecule has 2 aliphatic rings. The summed E-state index contributed by atoms with van der Waals surface area (Å²) < 4.78 is 5.94. The maximum atomic E-state index is 13.4. The Morgan fingerprint density at radius 1 is 0.848 bits per heavy atom. The molecule has 3 aromatic rings. The van der Waals surface area contributed by atoms with Crippen molar-refractivity contribution in [2.24, 2.45) is 0 Å². The Morgan fingerprint density at radius 3 is 2.06 bits per heavy atom. The molecule has 1 amide bonds. The van der Waals surface area contributed by atoms with Crippen LogP contribution in [0.25, 0.3) is 11.1 Å². The van der Waals surface area contributed by atoms with E-state index in [1.54, 1.807) is 0 Å². The lowest BCUT2D eigenvalue weighted by Crippen LogP contribution is -2.49. The van der Waals surface area contributed by atoms with Gasteiger partial charge in [-0.25, -0.2) is 0 Å². The predicted molar refractivity (Wildman–Crippen MR) is 132 cm³/mol. The Bertz CT molecular complexity index is 1090. The second-order valence-corrected chi connectivity index (χ2v) is 9.05. The second kappa shape index (κ2) is 9.38. The van der Waals surface area contributed by atoms with Crippen LogP contribution in [0.2, 0.25) is 0 Å². The first-order valence-electron chi connectivity index (χ1n) is 11.7. The summed E-state index contributed by atoms with van der Waals surface area (Å²) in [6.45, 7) is 4.50. The molecule has 0 unspecified atom stereocenters.